The molecule has 0 radical (unpaired) electrons. The van der Waals surface area contributed by atoms with E-state index in [0.717, 1.165) is 28.2 Å². The summed E-state index contributed by atoms with van der Waals surface area (Å²) in [6, 6.07) is 24.9. The monoisotopic (exact) mass is 368 g/mol. The molecule has 0 fully saturated rings. The minimum atomic E-state index is -1.03. The molecule has 3 aromatic rings. The predicted molar refractivity (Wildman–Crippen MR) is 100 cm³/mol. The van der Waals surface area contributed by atoms with Gasteiger partial charge in [0.25, 0.3) is 0 Å². The maximum absolute atomic E-state index is 11.6. The van der Waals surface area contributed by atoms with Crippen LogP contribution in [0.3, 0.4) is 0 Å². The van der Waals surface area contributed by atoms with E-state index >= 15 is 0 Å². The predicted octanol–water partition coefficient (Wildman–Crippen LogP) is 1.26. The van der Waals surface area contributed by atoms with Crippen LogP contribution in [0.2, 0.25) is 0 Å². The van der Waals surface area contributed by atoms with Crippen molar-refractivity contribution in [3.8, 4) is 11.5 Å². The van der Waals surface area contributed by atoms with Crippen molar-refractivity contribution in [2.24, 2.45) is 0 Å². The van der Waals surface area contributed by atoms with Gasteiger partial charge in [0.2, 0.25) is 0 Å². The maximum Gasteiger partial charge on any atom is 1.00 e. The van der Waals surface area contributed by atoms with Crippen LogP contribution in [0.15, 0.2) is 78.9 Å². The molecule has 27 heavy (non-hydrogen) atoms. The van der Waals surface area contributed by atoms with Crippen molar-refractivity contribution >= 4 is 5.97 Å². The van der Waals surface area contributed by atoms with E-state index in [1.807, 2.05) is 85.8 Å². The van der Waals surface area contributed by atoms with E-state index in [0.29, 0.717) is 12.8 Å². The van der Waals surface area contributed by atoms with E-state index in [1.165, 1.54) is 0 Å². The van der Waals surface area contributed by atoms with E-state index in [4.69, 9.17) is 4.74 Å². The fraction of sp³-hybridized carbons (Fsp3) is 0.174. The first kappa shape index (κ1) is 21.2. The van der Waals surface area contributed by atoms with Crippen molar-refractivity contribution in [3.63, 3.8) is 0 Å². The van der Waals surface area contributed by atoms with Crippen LogP contribution in [0.25, 0.3) is 0 Å². The zero-order chi connectivity index (χ0) is 18.4. The van der Waals surface area contributed by atoms with Gasteiger partial charge in [0.05, 0.1) is 0 Å². The van der Waals surface area contributed by atoms with Gasteiger partial charge in [-0.05, 0) is 60.7 Å². The number of carbonyl (C=O) groups is 1. The number of hydrogen-bond donors (Lipinski definition) is 0. The van der Waals surface area contributed by atoms with Gasteiger partial charge in [-0.2, -0.15) is 0 Å². The van der Waals surface area contributed by atoms with Gasteiger partial charge in [-0.1, -0.05) is 54.6 Å². The molecule has 0 saturated heterocycles. The third-order valence-electron chi connectivity index (χ3n) is 4.45. The molecule has 1 unspecified atom stereocenters. The van der Waals surface area contributed by atoms with E-state index in [9.17, 15) is 9.90 Å². The van der Waals surface area contributed by atoms with Gasteiger partial charge in [0, 0.05) is 11.9 Å². The Morgan fingerprint density at radius 2 is 1.59 bits per heavy atom. The molecule has 0 aliphatic heterocycles. The number of benzene rings is 3. The summed E-state index contributed by atoms with van der Waals surface area (Å²) < 4.78 is 5.85. The largest absolute Gasteiger partial charge is 1.00 e. The van der Waals surface area contributed by atoms with Crippen molar-refractivity contribution in [2.75, 3.05) is 0 Å². The van der Waals surface area contributed by atoms with Crippen molar-refractivity contribution in [3.05, 3.63) is 95.6 Å². The molecule has 4 heteroatoms. The number of carboxylic acid groups (broad SMARTS) is 1. The number of aliphatic carboxylic acids is 1. The minimum Gasteiger partial charge on any atom is -0.549 e. The fourth-order valence-corrected chi connectivity index (χ4v) is 3.08. The maximum atomic E-state index is 11.6. The minimum absolute atomic E-state index is 0. The second-order valence-electron chi connectivity index (χ2n) is 6.33. The summed E-state index contributed by atoms with van der Waals surface area (Å²) in [6.45, 7) is 1.93. The van der Waals surface area contributed by atoms with Crippen LogP contribution in [0, 0.1) is 6.92 Å². The van der Waals surface area contributed by atoms with E-state index in [1.54, 1.807) is 0 Å². The summed E-state index contributed by atoms with van der Waals surface area (Å²) in [5.41, 5.74) is 2.84. The second kappa shape index (κ2) is 10.3. The van der Waals surface area contributed by atoms with Gasteiger partial charge >= 0.3 is 29.6 Å². The van der Waals surface area contributed by atoms with Crippen LogP contribution in [-0.4, -0.2) is 5.97 Å². The fourth-order valence-electron chi connectivity index (χ4n) is 3.08. The van der Waals surface area contributed by atoms with Crippen molar-refractivity contribution in [2.45, 2.75) is 25.7 Å². The average molecular weight is 368 g/mol. The molecule has 0 spiro atoms. The summed E-state index contributed by atoms with van der Waals surface area (Å²) in [5, 5.41) is 11.6. The normalized spacial score (nSPS) is 11.3. The molecule has 0 bridgehead atoms. The number of carbonyl (C=O) groups excluding carboxylic acids is 1. The number of carboxylic acids is 1. The Morgan fingerprint density at radius 1 is 0.926 bits per heavy atom. The number of aryl methyl sites for hydroxylation is 2. The van der Waals surface area contributed by atoms with Gasteiger partial charge < -0.3 is 14.6 Å². The molecule has 0 amide bonds. The summed E-state index contributed by atoms with van der Waals surface area (Å²) in [4.78, 5) is 11.6. The topological polar surface area (TPSA) is 49.4 Å². The molecule has 0 aliphatic carbocycles. The molecule has 0 heterocycles. The summed E-state index contributed by atoms with van der Waals surface area (Å²) >= 11 is 0. The Hall–Kier alpha value is -2.07. The van der Waals surface area contributed by atoms with E-state index in [2.05, 4.69) is 0 Å². The molecule has 0 N–H and O–H groups in total. The third-order valence-corrected chi connectivity index (χ3v) is 4.45. The smallest absolute Gasteiger partial charge is 0.549 e. The molecule has 0 aliphatic rings. The number of para-hydroxylation sites is 1. The van der Waals surface area contributed by atoms with Crippen LogP contribution >= 0.6 is 0 Å². The number of ether oxygens (including phenoxy) is 1. The van der Waals surface area contributed by atoms with Gasteiger partial charge in [0.15, 0.2) is 0 Å². The molecule has 0 aromatic heterocycles. The Morgan fingerprint density at radius 3 is 2.30 bits per heavy atom. The Kier molecular flexibility index (Phi) is 8.11. The van der Waals surface area contributed by atoms with Gasteiger partial charge in [0.1, 0.15) is 11.5 Å². The molecule has 0 saturated carbocycles. The third kappa shape index (κ3) is 5.96. The second-order valence-corrected chi connectivity index (χ2v) is 6.33. The van der Waals surface area contributed by atoms with E-state index < -0.39 is 11.9 Å². The Labute approximate surface area is 182 Å². The summed E-state index contributed by atoms with van der Waals surface area (Å²) in [7, 11) is 0. The first-order valence-corrected chi connectivity index (χ1v) is 8.72. The molecular weight excluding hydrogens is 347 g/mol. The molecule has 1 atom stereocenters. The Bertz CT molecular complexity index is 878. The zero-order valence-electron chi connectivity index (χ0n) is 15.7. The van der Waals surface area contributed by atoms with Crippen LogP contribution in [-0.2, 0) is 11.2 Å². The number of hydrogen-bond acceptors (Lipinski definition) is 3. The SMILES string of the molecule is Cc1ccccc1C(CCc1cccc(Oc2ccccc2)c1)C(=O)[O-].[Na+]. The zero-order valence-corrected chi connectivity index (χ0v) is 17.7. The standard InChI is InChI=1S/C23H22O3.Na/c1-17-8-5-6-13-21(17)22(23(24)25)15-14-18-9-7-12-20(16-18)26-19-10-3-2-4-11-19;/h2-13,16,22H,14-15H2,1H3,(H,24,25);/q;+1/p-1. The van der Waals surface area contributed by atoms with Gasteiger partial charge in [-0.25, -0.2) is 0 Å². The first-order valence-electron chi connectivity index (χ1n) is 8.72. The Balaban J connectivity index is 0.00000261. The average Bonchev–Trinajstić information content (AvgIpc) is 2.64. The molecule has 3 nitrogen and oxygen atoms in total. The molecule has 3 aromatic carbocycles. The number of rotatable bonds is 7. The van der Waals surface area contributed by atoms with Crippen LogP contribution in [0.1, 0.15) is 29.0 Å². The quantitative estimate of drug-likeness (QED) is 0.590. The van der Waals surface area contributed by atoms with Crippen molar-refractivity contribution < 1.29 is 44.2 Å². The van der Waals surface area contributed by atoms with Gasteiger partial charge in [-0.3, -0.25) is 0 Å². The van der Waals surface area contributed by atoms with Gasteiger partial charge in [-0.15, -0.1) is 0 Å². The first-order chi connectivity index (χ1) is 12.6. The van der Waals surface area contributed by atoms with Crippen LogP contribution < -0.4 is 39.4 Å². The molecule has 132 valence electrons. The van der Waals surface area contributed by atoms with Crippen LogP contribution in [0.4, 0.5) is 0 Å². The summed E-state index contributed by atoms with van der Waals surface area (Å²) in [6.07, 6.45) is 1.13. The molecular formula is C23H21NaO3. The van der Waals surface area contributed by atoms with Crippen molar-refractivity contribution in [1.29, 1.82) is 0 Å². The molecule has 3 rings (SSSR count). The summed E-state index contributed by atoms with van der Waals surface area (Å²) in [5.74, 6) is -0.127. The van der Waals surface area contributed by atoms with Crippen LogP contribution in [0.5, 0.6) is 11.5 Å². The van der Waals surface area contributed by atoms with E-state index in [-0.39, 0.29) is 29.6 Å². The van der Waals surface area contributed by atoms with Crippen molar-refractivity contribution in [1.82, 2.24) is 0 Å².